The summed E-state index contributed by atoms with van der Waals surface area (Å²) in [5, 5.41) is 3.11. The zero-order valence-corrected chi connectivity index (χ0v) is 12.6. The number of piperidine rings is 1. The fourth-order valence-corrected chi connectivity index (χ4v) is 3.77. The lowest BCUT2D eigenvalue weighted by Gasteiger charge is -2.28. The molecular formula is C12H24N4O3S. The van der Waals surface area contributed by atoms with Gasteiger partial charge in [0.15, 0.2) is 0 Å². The molecule has 0 atom stereocenters. The van der Waals surface area contributed by atoms with Crippen LogP contribution in [0.25, 0.3) is 0 Å². The number of nitrogens with one attached hydrogen (secondary N) is 2. The normalized spacial score (nSPS) is 21.9. The van der Waals surface area contributed by atoms with E-state index in [1.165, 1.54) is 10.7 Å². The van der Waals surface area contributed by atoms with E-state index in [0.717, 1.165) is 25.9 Å². The number of carbonyl (C=O) groups is 1. The molecule has 2 fully saturated rings. The molecule has 0 saturated carbocycles. The first-order valence-electron chi connectivity index (χ1n) is 7.33. The van der Waals surface area contributed by atoms with Crippen molar-refractivity contribution < 1.29 is 13.2 Å². The molecule has 0 aromatic rings. The second kappa shape index (κ2) is 7.35. The van der Waals surface area contributed by atoms with E-state index in [1.807, 2.05) is 4.90 Å². The van der Waals surface area contributed by atoms with Crippen molar-refractivity contribution in [1.29, 1.82) is 0 Å². The highest BCUT2D eigenvalue weighted by atomic mass is 32.2. The molecule has 20 heavy (non-hydrogen) atoms. The summed E-state index contributed by atoms with van der Waals surface area (Å²) in [5.74, 6) is 0.0488. The third-order valence-corrected chi connectivity index (χ3v) is 5.36. The minimum atomic E-state index is -3.44. The highest BCUT2D eigenvalue weighted by Gasteiger charge is 2.23. The zero-order valence-electron chi connectivity index (χ0n) is 11.8. The van der Waals surface area contributed by atoms with E-state index in [2.05, 4.69) is 10.0 Å². The highest BCUT2D eigenvalue weighted by molar-refractivity contribution is 7.87. The van der Waals surface area contributed by atoms with Crippen molar-refractivity contribution >= 4 is 16.1 Å². The van der Waals surface area contributed by atoms with E-state index < -0.39 is 10.2 Å². The first-order chi connectivity index (χ1) is 9.59. The summed E-state index contributed by atoms with van der Waals surface area (Å²) in [6, 6.07) is 0. The van der Waals surface area contributed by atoms with Gasteiger partial charge >= 0.3 is 0 Å². The summed E-state index contributed by atoms with van der Waals surface area (Å²) in [6.07, 6.45) is 3.53. The minimum Gasteiger partial charge on any atom is -0.343 e. The molecule has 0 radical (unpaired) electrons. The number of hydrogen-bond donors (Lipinski definition) is 2. The fourth-order valence-electron chi connectivity index (χ4n) is 2.56. The average Bonchev–Trinajstić information content (AvgIpc) is 2.49. The van der Waals surface area contributed by atoms with Gasteiger partial charge in [0, 0.05) is 52.2 Å². The molecule has 7 nitrogen and oxygen atoms in total. The quantitative estimate of drug-likeness (QED) is 0.692. The van der Waals surface area contributed by atoms with Gasteiger partial charge in [-0.25, -0.2) is 4.72 Å². The summed E-state index contributed by atoms with van der Waals surface area (Å²) in [4.78, 5) is 13.8. The monoisotopic (exact) mass is 304 g/mol. The number of nitrogens with zero attached hydrogens (tertiary/aromatic N) is 2. The number of rotatable bonds is 5. The molecule has 116 valence electrons. The molecule has 0 aromatic carbocycles. The van der Waals surface area contributed by atoms with Gasteiger partial charge in [0.05, 0.1) is 0 Å². The van der Waals surface area contributed by atoms with Gasteiger partial charge in [-0.05, 0) is 19.3 Å². The van der Waals surface area contributed by atoms with Crippen molar-refractivity contribution in [3.63, 3.8) is 0 Å². The molecule has 0 bridgehead atoms. The molecule has 2 saturated heterocycles. The van der Waals surface area contributed by atoms with Crippen molar-refractivity contribution in [2.75, 3.05) is 45.8 Å². The molecule has 0 spiro atoms. The second-order valence-electron chi connectivity index (χ2n) is 5.24. The van der Waals surface area contributed by atoms with E-state index in [9.17, 15) is 13.2 Å². The zero-order chi connectivity index (χ0) is 14.4. The lowest BCUT2D eigenvalue weighted by Crippen LogP contribution is -2.50. The first-order valence-corrected chi connectivity index (χ1v) is 8.77. The number of amides is 1. The van der Waals surface area contributed by atoms with E-state index >= 15 is 0 Å². The molecule has 1 amide bonds. The van der Waals surface area contributed by atoms with Gasteiger partial charge in [0.1, 0.15) is 0 Å². The lowest BCUT2D eigenvalue weighted by molar-refractivity contribution is -0.131. The van der Waals surface area contributed by atoms with Crippen LogP contribution >= 0.6 is 0 Å². The van der Waals surface area contributed by atoms with Crippen molar-refractivity contribution in [1.82, 2.24) is 19.2 Å². The average molecular weight is 304 g/mol. The van der Waals surface area contributed by atoms with Crippen LogP contribution in [0.5, 0.6) is 0 Å². The Morgan fingerprint density at radius 2 is 1.70 bits per heavy atom. The number of piperazine rings is 1. The second-order valence-corrected chi connectivity index (χ2v) is 7.00. The largest absolute Gasteiger partial charge is 0.343 e. The van der Waals surface area contributed by atoms with Crippen LogP contribution in [0.3, 0.4) is 0 Å². The Hall–Kier alpha value is -0.700. The van der Waals surface area contributed by atoms with Gasteiger partial charge in [-0.15, -0.1) is 0 Å². The van der Waals surface area contributed by atoms with Gasteiger partial charge in [0.2, 0.25) is 5.91 Å². The predicted molar refractivity (Wildman–Crippen MR) is 76.4 cm³/mol. The molecule has 2 N–H and O–H groups in total. The van der Waals surface area contributed by atoms with Crippen LogP contribution in [0, 0.1) is 0 Å². The Labute approximate surface area is 120 Å². The Balaban J connectivity index is 1.72. The third-order valence-electron chi connectivity index (χ3n) is 3.75. The van der Waals surface area contributed by atoms with Crippen LogP contribution in [-0.4, -0.2) is 69.3 Å². The number of carbonyl (C=O) groups excluding carboxylic acids is 1. The smallest absolute Gasteiger partial charge is 0.279 e. The van der Waals surface area contributed by atoms with E-state index in [1.54, 1.807) is 0 Å². The van der Waals surface area contributed by atoms with Crippen LogP contribution in [0.2, 0.25) is 0 Å². The lowest BCUT2D eigenvalue weighted by atomic mass is 10.1. The Morgan fingerprint density at radius 3 is 2.35 bits per heavy atom. The van der Waals surface area contributed by atoms with Crippen molar-refractivity contribution in [2.24, 2.45) is 0 Å². The van der Waals surface area contributed by atoms with Crippen molar-refractivity contribution in [3.05, 3.63) is 0 Å². The minimum absolute atomic E-state index is 0.0488. The van der Waals surface area contributed by atoms with Crippen LogP contribution in [-0.2, 0) is 15.0 Å². The number of hydrogen-bond acceptors (Lipinski definition) is 4. The summed E-state index contributed by atoms with van der Waals surface area (Å²) in [5.41, 5.74) is 0. The van der Waals surface area contributed by atoms with Crippen LogP contribution in [0.1, 0.15) is 25.7 Å². The molecule has 2 rings (SSSR count). The van der Waals surface area contributed by atoms with Gasteiger partial charge in [-0.3, -0.25) is 4.79 Å². The first kappa shape index (κ1) is 15.7. The predicted octanol–water partition coefficient (Wildman–Crippen LogP) is -0.871. The summed E-state index contributed by atoms with van der Waals surface area (Å²) in [6.45, 7) is 4.11. The van der Waals surface area contributed by atoms with Gasteiger partial charge in [0.25, 0.3) is 10.2 Å². The fraction of sp³-hybridized carbons (Fsp3) is 0.917. The molecule has 8 heteroatoms. The van der Waals surface area contributed by atoms with Crippen LogP contribution < -0.4 is 10.0 Å². The van der Waals surface area contributed by atoms with Gasteiger partial charge in [-0.1, -0.05) is 0 Å². The molecule has 0 unspecified atom stereocenters. The molecule has 2 aliphatic rings. The van der Waals surface area contributed by atoms with Gasteiger partial charge < -0.3 is 10.2 Å². The Bertz CT molecular complexity index is 414. The molecular weight excluding hydrogens is 280 g/mol. The van der Waals surface area contributed by atoms with Crippen molar-refractivity contribution in [2.45, 2.75) is 25.7 Å². The SMILES string of the molecule is O=C(CCNS(=O)(=O)N1CCNCC1)N1CCCCC1. The maximum absolute atomic E-state index is 12.0. The van der Waals surface area contributed by atoms with E-state index in [0.29, 0.717) is 26.2 Å². The van der Waals surface area contributed by atoms with Crippen molar-refractivity contribution in [3.8, 4) is 0 Å². The maximum atomic E-state index is 12.0. The molecule has 2 heterocycles. The van der Waals surface area contributed by atoms with E-state index in [-0.39, 0.29) is 18.9 Å². The van der Waals surface area contributed by atoms with Crippen LogP contribution in [0.15, 0.2) is 0 Å². The third kappa shape index (κ3) is 4.41. The number of likely N-dealkylation sites (tertiary alicyclic amines) is 1. The van der Waals surface area contributed by atoms with Gasteiger partial charge in [-0.2, -0.15) is 12.7 Å². The van der Waals surface area contributed by atoms with E-state index in [4.69, 9.17) is 0 Å². The standard InChI is InChI=1S/C12H24N4O3S/c17-12(15-8-2-1-3-9-15)4-5-14-20(18,19)16-10-6-13-7-11-16/h13-14H,1-11H2. The molecule has 2 aliphatic heterocycles. The molecule has 0 aliphatic carbocycles. The summed E-state index contributed by atoms with van der Waals surface area (Å²) in [7, 11) is -3.44. The Morgan fingerprint density at radius 1 is 1.05 bits per heavy atom. The Kier molecular flexibility index (Phi) is 5.76. The summed E-state index contributed by atoms with van der Waals surface area (Å²) >= 11 is 0. The molecule has 0 aromatic heterocycles. The van der Waals surface area contributed by atoms with Crippen LogP contribution in [0.4, 0.5) is 0 Å². The maximum Gasteiger partial charge on any atom is 0.279 e. The topological polar surface area (TPSA) is 81.8 Å². The highest BCUT2D eigenvalue weighted by Crippen LogP contribution is 2.09. The summed E-state index contributed by atoms with van der Waals surface area (Å²) < 4.78 is 28.0.